The van der Waals surface area contributed by atoms with Crippen LogP contribution in [0.4, 0.5) is 4.39 Å². The molecule has 0 unspecified atom stereocenters. The largest absolute Gasteiger partial charge is 0.486 e. The molecule has 2 heterocycles. The van der Waals surface area contributed by atoms with Crippen molar-refractivity contribution >= 4 is 22.9 Å². The van der Waals surface area contributed by atoms with Gasteiger partial charge in [0, 0.05) is 0 Å². The van der Waals surface area contributed by atoms with Gasteiger partial charge in [-0.3, -0.25) is 0 Å². The number of hydrogen-bond acceptors (Lipinski definition) is 4. The highest BCUT2D eigenvalue weighted by atomic mass is 35.5. The van der Waals surface area contributed by atoms with E-state index in [2.05, 4.69) is 4.98 Å². The van der Waals surface area contributed by atoms with E-state index in [1.165, 1.54) is 18.2 Å². The lowest BCUT2D eigenvalue weighted by Gasteiger charge is -2.06. The highest BCUT2D eigenvalue weighted by Gasteiger charge is 2.13. The Morgan fingerprint density at radius 1 is 1.38 bits per heavy atom. The molecule has 6 heteroatoms. The highest BCUT2D eigenvalue weighted by molar-refractivity contribution is 7.13. The Morgan fingerprint density at radius 2 is 2.24 bits per heavy atom. The summed E-state index contributed by atoms with van der Waals surface area (Å²) in [6, 6.07) is 7.89. The summed E-state index contributed by atoms with van der Waals surface area (Å²) in [6.07, 6.45) is 0. The highest BCUT2D eigenvalue weighted by Crippen LogP contribution is 2.28. The molecule has 0 aliphatic rings. The lowest BCUT2D eigenvalue weighted by atomic mass is 10.3. The molecular weight excluding hydrogens is 313 g/mol. The lowest BCUT2D eigenvalue weighted by molar-refractivity contribution is 0.299. The minimum Gasteiger partial charge on any atom is -0.486 e. The fraction of sp³-hybridized carbons (Fsp3) is 0.133. The maximum Gasteiger partial charge on any atom is 0.236 e. The van der Waals surface area contributed by atoms with Crippen molar-refractivity contribution < 1.29 is 13.5 Å². The maximum atomic E-state index is 13.0. The van der Waals surface area contributed by atoms with Crippen LogP contribution < -0.4 is 4.74 Å². The number of halogens is 2. The molecule has 0 spiro atoms. The zero-order valence-corrected chi connectivity index (χ0v) is 12.7. The molecule has 0 saturated carbocycles. The fourth-order valence-electron chi connectivity index (χ4n) is 1.81. The molecule has 3 rings (SSSR count). The molecule has 0 radical (unpaired) electrons. The number of benzene rings is 1. The van der Waals surface area contributed by atoms with Crippen LogP contribution in [0, 0.1) is 12.7 Å². The first kappa shape index (κ1) is 14.1. The fourth-order valence-corrected chi connectivity index (χ4v) is 2.68. The van der Waals surface area contributed by atoms with Gasteiger partial charge >= 0.3 is 0 Å². The molecule has 3 aromatic rings. The molecule has 3 nitrogen and oxygen atoms in total. The number of nitrogens with zero attached hydrogens (tertiary/aromatic N) is 1. The summed E-state index contributed by atoms with van der Waals surface area (Å²) in [5, 5.41) is 2.19. The van der Waals surface area contributed by atoms with Gasteiger partial charge in [0.2, 0.25) is 5.89 Å². The van der Waals surface area contributed by atoms with Crippen molar-refractivity contribution in [3.05, 3.63) is 58.0 Å². The summed E-state index contributed by atoms with van der Waals surface area (Å²) < 4.78 is 24.2. The summed E-state index contributed by atoms with van der Waals surface area (Å²) in [5.74, 6) is 1.28. The molecule has 0 saturated heterocycles. The summed E-state index contributed by atoms with van der Waals surface area (Å²) in [6.45, 7) is 2.04. The van der Waals surface area contributed by atoms with Crippen molar-refractivity contribution in [2.75, 3.05) is 0 Å². The first-order chi connectivity index (χ1) is 10.1. The van der Waals surface area contributed by atoms with Gasteiger partial charge in [-0.2, -0.15) is 0 Å². The number of aryl methyl sites for hydroxylation is 1. The van der Waals surface area contributed by atoms with E-state index in [1.807, 2.05) is 24.4 Å². The summed E-state index contributed by atoms with van der Waals surface area (Å²) in [4.78, 5) is 5.38. The van der Waals surface area contributed by atoms with Gasteiger partial charge in [-0.05, 0) is 36.6 Å². The second-order valence-corrected chi connectivity index (χ2v) is 5.72. The minimum atomic E-state index is -0.398. The molecule has 0 amide bonds. The second kappa shape index (κ2) is 5.87. The van der Waals surface area contributed by atoms with Crippen LogP contribution in [0.1, 0.15) is 11.5 Å². The standard InChI is InChI=1S/C15H11ClFNO2S/c1-9-12(18-15(20-9)14-3-2-6-21-14)8-19-13-5-4-10(17)7-11(13)16/h2-7H,8H2,1H3. The van der Waals surface area contributed by atoms with Crippen LogP contribution in [0.2, 0.25) is 5.02 Å². The third-order valence-corrected chi connectivity index (χ3v) is 4.04. The maximum absolute atomic E-state index is 13.0. The molecule has 0 fully saturated rings. The molecule has 0 bridgehead atoms. The third kappa shape index (κ3) is 3.09. The molecule has 108 valence electrons. The Kier molecular flexibility index (Phi) is 3.94. The molecule has 0 N–H and O–H groups in total. The van der Waals surface area contributed by atoms with Crippen LogP contribution in [-0.4, -0.2) is 4.98 Å². The van der Waals surface area contributed by atoms with E-state index in [0.717, 1.165) is 4.88 Å². The van der Waals surface area contributed by atoms with Crippen molar-refractivity contribution in [2.24, 2.45) is 0 Å². The SMILES string of the molecule is Cc1oc(-c2cccs2)nc1COc1ccc(F)cc1Cl. The molecule has 2 aromatic heterocycles. The number of hydrogen-bond donors (Lipinski definition) is 0. The number of rotatable bonds is 4. The van der Waals surface area contributed by atoms with Crippen molar-refractivity contribution in [3.63, 3.8) is 0 Å². The van der Waals surface area contributed by atoms with Gasteiger partial charge in [0.25, 0.3) is 0 Å². The Labute approximate surface area is 130 Å². The van der Waals surface area contributed by atoms with Gasteiger partial charge in [-0.25, -0.2) is 9.37 Å². The van der Waals surface area contributed by atoms with Gasteiger partial charge in [0.1, 0.15) is 29.6 Å². The zero-order chi connectivity index (χ0) is 14.8. The van der Waals surface area contributed by atoms with E-state index in [1.54, 1.807) is 11.3 Å². The predicted molar refractivity (Wildman–Crippen MR) is 80.3 cm³/mol. The van der Waals surface area contributed by atoms with Crippen LogP contribution in [0.15, 0.2) is 40.1 Å². The molecular formula is C15H11ClFNO2S. The number of ether oxygens (including phenoxy) is 1. The number of aromatic nitrogens is 1. The first-order valence-electron chi connectivity index (χ1n) is 6.21. The lowest BCUT2D eigenvalue weighted by Crippen LogP contribution is -1.98. The van der Waals surface area contributed by atoms with Crippen LogP contribution in [0.25, 0.3) is 10.8 Å². The summed E-state index contributed by atoms with van der Waals surface area (Å²) in [5.41, 5.74) is 0.693. The van der Waals surface area contributed by atoms with Crippen LogP contribution in [0.3, 0.4) is 0 Å². The zero-order valence-electron chi connectivity index (χ0n) is 11.1. The average Bonchev–Trinajstić information content (AvgIpc) is 3.07. The van der Waals surface area contributed by atoms with E-state index in [9.17, 15) is 4.39 Å². The second-order valence-electron chi connectivity index (χ2n) is 4.36. The Bertz CT molecular complexity index is 755. The Balaban J connectivity index is 1.76. The van der Waals surface area contributed by atoms with Crippen LogP contribution in [-0.2, 0) is 6.61 Å². The molecule has 21 heavy (non-hydrogen) atoms. The van der Waals surface area contributed by atoms with Gasteiger partial charge < -0.3 is 9.15 Å². The average molecular weight is 324 g/mol. The summed E-state index contributed by atoms with van der Waals surface area (Å²) >= 11 is 7.47. The van der Waals surface area contributed by atoms with Gasteiger partial charge in [0.05, 0.1) is 9.90 Å². The van der Waals surface area contributed by atoms with E-state index in [4.69, 9.17) is 20.8 Å². The van der Waals surface area contributed by atoms with Crippen LogP contribution in [0.5, 0.6) is 5.75 Å². The Hall–Kier alpha value is -1.85. The monoisotopic (exact) mass is 323 g/mol. The first-order valence-corrected chi connectivity index (χ1v) is 7.47. The predicted octanol–water partition coefficient (Wildman–Crippen LogP) is 5.08. The normalized spacial score (nSPS) is 10.8. The molecule has 0 aliphatic heterocycles. The van der Waals surface area contributed by atoms with E-state index < -0.39 is 5.82 Å². The van der Waals surface area contributed by atoms with Crippen molar-refractivity contribution in [1.82, 2.24) is 4.98 Å². The quantitative estimate of drug-likeness (QED) is 0.671. The molecule has 0 atom stereocenters. The van der Waals surface area contributed by atoms with Gasteiger partial charge in [-0.15, -0.1) is 11.3 Å². The molecule has 0 aliphatic carbocycles. The van der Waals surface area contributed by atoms with Crippen molar-refractivity contribution in [1.29, 1.82) is 0 Å². The van der Waals surface area contributed by atoms with E-state index in [-0.39, 0.29) is 11.6 Å². The number of thiophene rings is 1. The molecule has 1 aromatic carbocycles. The van der Waals surface area contributed by atoms with E-state index in [0.29, 0.717) is 23.1 Å². The minimum absolute atomic E-state index is 0.214. The van der Waals surface area contributed by atoms with Crippen molar-refractivity contribution in [2.45, 2.75) is 13.5 Å². The van der Waals surface area contributed by atoms with Gasteiger partial charge in [0.15, 0.2) is 0 Å². The smallest absolute Gasteiger partial charge is 0.236 e. The topological polar surface area (TPSA) is 35.3 Å². The third-order valence-electron chi connectivity index (χ3n) is 2.88. The van der Waals surface area contributed by atoms with E-state index >= 15 is 0 Å². The number of oxazole rings is 1. The summed E-state index contributed by atoms with van der Waals surface area (Å²) in [7, 11) is 0. The Morgan fingerprint density at radius 3 is 2.95 bits per heavy atom. The van der Waals surface area contributed by atoms with Crippen molar-refractivity contribution in [3.8, 4) is 16.5 Å². The van der Waals surface area contributed by atoms with Gasteiger partial charge in [-0.1, -0.05) is 17.7 Å². The van der Waals surface area contributed by atoms with Crippen LogP contribution >= 0.6 is 22.9 Å².